The fraction of sp³-hybridized carbons (Fsp3) is 0.357. The van der Waals surface area contributed by atoms with Gasteiger partial charge in [0.2, 0.25) is 5.91 Å². The molecule has 1 aromatic carbocycles. The quantitative estimate of drug-likeness (QED) is 0.868. The van der Waals surface area contributed by atoms with Crippen molar-refractivity contribution in [3.05, 3.63) is 30.0 Å². The second-order valence-corrected chi connectivity index (χ2v) is 4.91. The Bertz CT molecular complexity index is 645. The van der Waals surface area contributed by atoms with Gasteiger partial charge in [0.05, 0.1) is 11.7 Å². The number of hydrogen-bond donors (Lipinski definition) is 2. The zero-order valence-electron chi connectivity index (χ0n) is 11.1. The van der Waals surface area contributed by atoms with Gasteiger partial charge in [-0.3, -0.25) is 14.7 Å². The molecule has 2 N–H and O–H groups in total. The summed E-state index contributed by atoms with van der Waals surface area (Å²) in [6.07, 6.45) is 3.13. The van der Waals surface area contributed by atoms with Crippen molar-refractivity contribution in [3.63, 3.8) is 0 Å². The lowest BCUT2D eigenvalue weighted by atomic mass is 10.1. The molecule has 20 heavy (non-hydrogen) atoms. The van der Waals surface area contributed by atoms with Crippen LogP contribution in [0.15, 0.2) is 24.4 Å². The molecular formula is C14H16N4O2. The normalized spacial score (nSPS) is 14.1. The molecule has 1 fully saturated rings. The number of fused-ring (bicyclic) bond motifs is 1. The van der Waals surface area contributed by atoms with Crippen LogP contribution in [-0.2, 0) is 4.79 Å². The summed E-state index contributed by atoms with van der Waals surface area (Å²) in [7, 11) is 0. The third-order valence-corrected chi connectivity index (χ3v) is 3.54. The number of hydrogen-bond acceptors (Lipinski definition) is 3. The maximum Gasteiger partial charge on any atom is 0.251 e. The largest absolute Gasteiger partial charge is 0.352 e. The summed E-state index contributed by atoms with van der Waals surface area (Å²) in [5, 5.41) is 10.4. The minimum atomic E-state index is -0.162. The molecule has 1 aliphatic heterocycles. The van der Waals surface area contributed by atoms with E-state index in [1.54, 1.807) is 18.3 Å². The first-order chi connectivity index (χ1) is 9.74. The Balaban J connectivity index is 1.54. The van der Waals surface area contributed by atoms with Crippen molar-refractivity contribution in [2.75, 3.05) is 19.6 Å². The van der Waals surface area contributed by atoms with Gasteiger partial charge in [-0.15, -0.1) is 0 Å². The molecule has 0 aliphatic carbocycles. The first kappa shape index (κ1) is 12.7. The summed E-state index contributed by atoms with van der Waals surface area (Å²) in [4.78, 5) is 25.4. The van der Waals surface area contributed by atoms with Gasteiger partial charge in [-0.1, -0.05) is 0 Å². The molecule has 6 heteroatoms. The van der Waals surface area contributed by atoms with Crippen LogP contribution in [0.3, 0.4) is 0 Å². The predicted molar refractivity (Wildman–Crippen MR) is 74.2 cm³/mol. The minimum absolute atomic E-state index is 0.113. The highest BCUT2D eigenvalue weighted by Crippen LogP contribution is 2.12. The van der Waals surface area contributed by atoms with Crippen LogP contribution in [0.4, 0.5) is 0 Å². The topological polar surface area (TPSA) is 78.1 Å². The average molecular weight is 272 g/mol. The summed E-state index contributed by atoms with van der Waals surface area (Å²) in [6.45, 7) is 2.07. The van der Waals surface area contributed by atoms with Crippen molar-refractivity contribution in [1.29, 1.82) is 0 Å². The average Bonchev–Trinajstić information content (AvgIpc) is 2.83. The molecule has 6 nitrogen and oxygen atoms in total. The van der Waals surface area contributed by atoms with Crippen molar-refractivity contribution >= 4 is 22.7 Å². The van der Waals surface area contributed by atoms with Gasteiger partial charge in [0, 0.05) is 37.0 Å². The first-order valence-corrected chi connectivity index (χ1v) is 6.73. The number of aromatic nitrogens is 2. The van der Waals surface area contributed by atoms with E-state index in [4.69, 9.17) is 0 Å². The van der Waals surface area contributed by atoms with E-state index in [1.165, 1.54) is 0 Å². The van der Waals surface area contributed by atoms with Gasteiger partial charge in [0.15, 0.2) is 0 Å². The fourth-order valence-electron chi connectivity index (χ4n) is 2.19. The highest BCUT2D eigenvalue weighted by Gasteiger charge is 2.19. The Morgan fingerprint density at radius 1 is 1.35 bits per heavy atom. The van der Waals surface area contributed by atoms with Crippen molar-refractivity contribution in [1.82, 2.24) is 20.4 Å². The molecule has 0 saturated carbocycles. The van der Waals surface area contributed by atoms with E-state index in [1.807, 2.05) is 11.0 Å². The number of benzene rings is 1. The maximum atomic E-state index is 12.0. The number of amides is 2. The van der Waals surface area contributed by atoms with Crippen LogP contribution in [0.5, 0.6) is 0 Å². The number of carbonyl (C=O) groups excluding carboxylic acids is 2. The van der Waals surface area contributed by atoms with Gasteiger partial charge in [-0.2, -0.15) is 5.10 Å². The monoisotopic (exact) mass is 272 g/mol. The van der Waals surface area contributed by atoms with Gasteiger partial charge in [-0.25, -0.2) is 0 Å². The molecule has 1 saturated heterocycles. The molecule has 0 spiro atoms. The van der Waals surface area contributed by atoms with Crippen LogP contribution in [0.25, 0.3) is 10.9 Å². The third kappa shape index (κ3) is 2.49. The Hall–Kier alpha value is -2.37. The van der Waals surface area contributed by atoms with E-state index in [9.17, 15) is 9.59 Å². The highest BCUT2D eigenvalue weighted by molar-refractivity contribution is 5.98. The molecule has 2 amide bonds. The molecule has 2 heterocycles. The standard InChI is InChI=1S/C14H16N4O2/c19-13(18-6-1-7-18)4-5-15-14(20)10-2-3-12-11(8-10)9-16-17-12/h2-3,8-9H,1,4-7H2,(H,15,20)(H,16,17). The minimum Gasteiger partial charge on any atom is -0.352 e. The number of aromatic amines is 1. The first-order valence-electron chi connectivity index (χ1n) is 6.73. The molecule has 1 aliphatic rings. The molecule has 0 unspecified atom stereocenters. The van der Waals surface area contributed by atoms with E-state index in [0.717, 1.165) is 30.4 Å². The lowest BCUT2D eigenvalue weighted by Crippen LogP contribution is -2.43. The van der Waals surface area contributed by atoms with Crippen LogP contribution in [-0.4, -0.2) is 46.5 Å². The molecular weight excluding hydrogens is 256 g/mol. The van der Waals surface area contributed by atoms with E-state index in [0.29, 0.717) is 18.5 Å². The molecule has 104 valence electrons. The van der Waals surface area contributed by atoms with Gasteiger partial charge < -0.3 is 10.2 Å². The van der Waals surface area contributed by atoms with Crippen molar-refractivity contribution in [2.45, 2.75) is 12.8 Å². The van der Waals surface area contributed by atoms with E-state index >= 15 is 0 Å². The zero-order valence-corrected chi connectivity index (χ0v) is 11.1. The van der Waals surface area contributed by atoms with Gasteiger partial charge in [0.1, 0.15) is 0 Å². The highest BCUT2D eigenvalue weighted by atomic mass is 16.2. The Kier molecular flexibility index (Phi) is 3.37. The predicted octanol–water partition coefficient (Wildman–Crippen LogP) is 0.915. The van der Waals surface area contributed by atoms with E-state index in [-0.39, 0.29) is 11.8 Å². The number of nitrogens with one attached hydrogen (secondary N) is 2. The van der Waals surface area contributed by atoms with Gasteiger partial charge >= 0.3 is 0 Å². The van der Waals surface area contributed by atoms with E-state index in [2.05, 4.69) is 15.5 Å². The summed E-state index contributed by atoms with van der Waals surface area (Å²) < 4.78 is 0. The Morgan fingerprint density at radius 2 is 2.20 bits per heavy atom. The van der Waals surface area contributed by atoms with Crippen LogP contribution >= 0.6 is 0 Å². The Morgan fingerprint density at radius 3 is 2.95 bits per heavy atom. The number of carbonyl (C=O) groups is 2. The summed E-state index contributed by atoms with van der Waals surface area (Å²) >= 11 is 0. The van der Waals surface area contributed by atoms with Gasteiger partial charge in [0.25, 0.3) is 5.91 Å². The molecule has 2 aromatic rings. The second kappa shape index (κ2) is 5.32. The van der Waals surface area contributed by atoms with Crippen LogP contribution < -0.4 is 5.32 Å². The lowest BCUT2D eigenvalue weighted by Gasteiger charge is -2.30. The smallest absolute Gasteiger partial charge is 0.251 e. The van der Waals surface area contributed by atoms with E-state index < -0.39 is 0 Å². The maximum absolute atomic E-state index is 12.0. The van der Waals surface area contributed by atoms with Crippen LogP contribution in [0.1, 0.15) is 23.2 Å². The van der Waals surface area contributed by atoms with Gasteiger partial charge in [-0.05, 0) is 24.6 Å². The summed E-state index contributed by atoms with van der Waals surface area (Å²) in [5.74, 6) is -0.0497. The summed E-state index contributed by atoms with van der Waals surface area (Å²) in [5.41, 5.74) is 1.48. The number of H-pyrrole nitrogens is 1. The number of likely N-dealkylation sites (tertiary alicyclic amines) is 1. The molecule has 0 atom stereocenters. The van der Waals surface area contributed by atoms with Crippen LogP contribution in [0.2, 0.25) is 0 Å². The molecule has 3 rings (SSSR count). The van der Waals surface area contributed by atoms with Crippen molar-refractivity contribution in [3.8, 4) is 0 Å². The van der Waals surface area contributed by atoms with Crippen LogP contribution in [0, 0.1) is 0 Å². The zero-order chi connectivity index (χ0) is 13.9. The number of rotatable bonds is 4. The molecule has 1 aromatic heterocycles. The summed E-state index contributed by atoms with van der Waals surface area (Å²) in [6, 6.07) is 5.35. The van der Waals surface area contributed by atoms with Crippen molar-refractivity contribution in [2.24, 2.45) is 0 Å². The fourth-order valence-corrected chi connectivity index (χ4v) is 2.19. The Labute approximate surface area is 116 Å². The second-order valence-electron chi connectivity index (χ2n) is 4.91. The number of nitrogens with zero attached hydrogens (tertiary/aromatic N) is 2. The molecule has 0 bridgehead atoms. The lowest BCUT2D eigenvalue weighted by molar-refractivity contribution is -0.134. The molecule has 0 radical (unpaired) electrons. The van der Waals surface area contributed by atoms with Crippen molar-refractivity contribution < 1.29 is 9.59 Å². The SMILES string of the molecule is O=C(NCCC(=O)N1CCC1)c1ccc2[nH]ncc2c1. The third-order valence-electron chi connectivity index (χ3n) is 3.54.